The Balaban J connectivity index is 2.95. The third-order valence-corrected chi connectivity index (χ3v) is 4.19. The second kappa shape index (κ2) is 7.37. The maximum atomic E-state index is 12.2. The van der Waals surface area contributed by atoms with Gasteiger partial charge in [0.25, 0.3) is 0 Å². The van der Waals surface area contributed by atoms with Gasteiger partial charge >= 0.3 is 5.97 Å². The molecule has 7 heteroatoms. The molecule has 1 aromatic carbocycles. The number of methoxy groups -OCH3 is 1. The van der Waals surface area contributed by atoms with Gasteiger partial charge in [-0.1, -0.05) is 25.5 Å². The predicted octanol–water partition coefficient (Wildman–Crippen LogP) is 0.912. The summed E-state index contributed by atoms with van der Waals surface area (Å²) in [5.41, 5.74) is -0.0347. The van der Waals surface area contributed by atoms with Crippen molar-refractivity contribution in [1.29, 1.82) is 0 Å². The van der Waals surface area contributed by atoms with E-state index in [9.17, 15) is 18.3 Å². The molecule has 112 valence electrons. The maximum absolute atomic E-state index is 12.2. The van der Waals surface area contributed by atoms with Crippen molar-refractivity contribution >= 4 is 16.0 Å². The molecule has 0 spiro atoms. The average Bonchev–Trinajstić information content (AvgIpc) is 2.45. The van der Waals surface area contributed by atoms with E-state index in [1.807, 2.05) is 6.92 Å². The predicted molar refractivity (Wildman–Crippen MR) is 73.9 cm³/mol. The van der Waals surface area contributed by atoms with E-state index in [1.54, 1.807) is 6.07 Å². The number of rotatable bonds is 7. The van der Waals surface area contributed by atoms with Crippen LogP contribution in [0.4, 0.5) is 0 Å². The normalized spacial score (nSPS) is 12.9. The zero-order valence-electron chi connectivity index (χ0n) is 11.5. The van der Waals surface area contributed by atoms with Gasteiger partial charge in [-0.2, -0.15) is 0 Å². The average molecular weight is 301 g/mol. The first-order valence-corrected chi connectivity index (χ1v) is 7.75. The summed E-state index contributed by atoms with van der Waals surface area (Å²) < 4.78 is 31.2. The van der Waals surface area contributed by atoms with Crippen LogP contribution >= 0.6 is 0 Å². The van der Waals surface area contributed by atoms with Gasteiger partial charge in [0, 0.05) is 6.54 Å². The molecule has 0 aliphatic heterocycles. The summed E-state index contributed by atoms with van der Waals surface area (Å²) in [5, 5.41) is 9.57. The number of sulfonamides is 1. The molecule has 0 fully saturated rings. The number of nitrogens with one attached hydrogen (secondary N) is 1. The van der Waals surface area contributed by atoms with Crippen LogP contribution < -0.4 is 4.72 Å². The Morgan fingerprint density at radius 3 is 2.65 bits per heavy atom. The Morgan fingerprint density at radius 1 is 1.40 bits per heavy atom. The molecule has 0 radical (unpaired) electrons. The number of esters is 1. The Bertz CT molecular complexity index is 556. The van der Waals surface area contributed by atoms with E-state index < -0.39 is 22.1 Å². The van der Waals surface area contributed by atoms with Crippen LogP contribution in [0.1, 0.15) is 30.1 Å². The fourth-order valence-corrected chi connectivity index (χ4v) is 2.96. The number of hydrogen-bond acceptors (Lipinski definition) is 5. The molecule has 0 saturated heterocycles. The number of ether oxygens (including phenoxy) is 1. The Kier molecular flexibility index (Phi) is 6.12. The number of benzene rings is 1. The molecule has 0 aliphatic carbocycles. The fraction of sp³-hybridized carbons (Fsp3) is 0.462. The molecule has 1 atom stereocenters. The topological polar surface area (TPSA) is 92.7 Å². The van der Waals surface area contributed by atoms with Crippen molar-refractivity contribution in [1.82, 2.24) is 4.72 Å². The van der Waals surface area contributed by atoms with Crippen molar-refractivity contribution in [2.45, 2.75) is 30.8 Å². The standard InChI is InChI=1S/C13H19NO5S/c1-3-6-10(15)9-14-20(17,18)12-8-5-4-7-11(12)13(16)19-2/h4-5,7-8,10,14-15H,3,6,9H2,1-2H3. The van der Waals surface area contributed by atoms with E-state index in [2.05, 4.69) is 9.46 Å². The van der Waals surface area contributed by atoms with Gasteiger partial charge in [-0.15, -0.1) is 0 Å². The number of aliphatic hydroxyl groups is 1. The highest BCUT2D eigenvalue weighted by atomic mass is 32.2. The third-order valence-electron chi connectivity index (χ3n) is 2.71. The smallest absolute Gasteiger partial charge is 0.339 e. The zero-order valence-corrected chi connectivity index (χ0v) is 12.3. The van der Waals surface area contributed by atoms with Crippen molar-refractivity contribution in [3.05, 3.63) is 29.8 Å². The van der Waals surface area contributed by atoms with Crippen LogP contribution in [-0.4, -0.2) is 39.3 Å². The minimum atomic E-state index is -3.87. The highest BCUT2D eigenvalue weighted by molar-refractivity contribution is 7.89. The molecule has 6 nitrogen and oxygen atoms in total. The van der Waals surface area contributed by atoms with Crippen LogP contribution in [0.15, 0.2) is 29.2 Å². The summed E-state index contributed by atoms with van der Waals surface area (Å²) in [5.74, 6) is -0.722. The summed E-state index contributed by atoms with van der Waals surface area (Å²) in [6.45, 7) is 1.80. The fourth-order valence-electron chi connectivity index (χ4n) is 1.70. The van der Waals surface area contributed by atoms with Crippen LogP contribution in [0.25, 0.3) is 0 Å². The van der Waals surface area contributed by atoms with Crippen molar-refractivity contribution < 1.29 is 23.1 Å². The molecule has 20 heavy (non-hydrogen) atoms. The first-order valence-electron chi connectivity index (χ1n) is 6.27. The van der Waals surface area contributed by atoms with Gasteiger partial charge < -0.3 is 9.84 Å². The van der Waals surface area contributed by atoms with Crippen molar-refractivity contribution in [3.8, 4) is 0 Å². The number of aliphatic hydroxyl groups excluding tert-OH is 1. The minimum absolute atomic E-state index is 0.0347. The third kappa shape index (κ3) is 4.29. The molecule has 2 N–H and O–H groups in total. The van der Waals surface area contributed by atoms with E-state index in [4.69, 9.17) is 0 Å². The molecule has 0 heterocycles. The molecule has 1 aromatic rings. The molecule has 0 saturated carbocycles. The number of carbonyl (C=O) groups is 1. The number of hydrogen-bond donors (Lipinski definition) is 2. The second-order valence-corrected chi connectivity index (χ2v) is 6.02. The lowest BCUT2D eigenvalue weighted by atomic mass is 10.2. The second-order valence-electron chi connectivity index (χ2n) is 4.28. The summed E-state index contributed by atoms with van der Waals surface area (Å²) in [4.78, 5) is 11.4. The lowest BCUT2D eigenvalue weighted by Gasteiger charge is -2.13. The van der Waals surface area contributed by atoms with E-state index in [1.165, 1.54) is 25.3 Å². The highest BCUT2D eigenvalue weighted by Gasteiger charge is 2.22. The van der Waals surface area contributed by atoms with Gasteiger partial charge in [0.15, 0.2) is 0 Å². The summed E-state index contributed by atoms with van der Waals surface area (Å²) in [6, 6.07) is 5.77. The Hall–Kier alpha value is -1.44. The first-order chi connectivity index (χ1) is 9.42. The molecule has 1 rings (SSSR count). The Labute approximate surface area is 118 Å². The van der Waals surface area contributed by atoms with Crippen LogP contribution in [0.5, 0.6) is 0 Å². The maximum Gasteiger partial charge on any atom is 0.339 e. The number of carbonyl (C=O) groups excluding carboxylic acids is 1. The Morgan fingerprint density at radius 2 is 2.05 bits per heavy atom. The van der Waals surface area contributed by atoms with Crippen LogP contribution in [0, 0.1) is 0 Å². The monoisotopic (exact) mass is 301 g/mol. The van der Waals surface area contributed by atoms with Gasteiger partial charge in [0.1, 0.15) is 0 Å². The van der Waals surface area contributed by atoms with Crippen molar-refractivity contribution in [3.63, 3.8) is 0 Å². The van der Waals surface area contributed by atoms with Gasteiger partial charge in [-0.3, -0.25) is 0 Å². The zero-order chi connectivity index (χ0) is 15.2. The van der Waals surface area contributed by atoms with Gasteiger partial charge in [-0.25, -0.2) is 17.9 Å². The van der Waals surface area contributed by atoms with E-state index in [-0.39, 0.29) is 17.0 Å². The highest BCUT2D eigenvalue weighted by Crippen LogP contribution is 2.16. The van der Waals surface area contributed by atoms with Crippen molar-refractivity contribution in [2.75, 3.05) is 13.7 Å². The van der Waals surface area contributed by atoms with Gasteiger partial charge in [0.05, 0.1) is 23.7 Å². The molecule has 0 bridgehead atoms. The van der Waals surface area contributed by atoms with E-state index >= 15 is 0 Å². The molecule has 0 aliphatic rings. The summed E-state index contributed by atoms with van der Waals surface area (Å²) in [7, 11) is -2.69. The molecule has 1 unspecified atom stereocenters. The largest absolute Gasteiger partial charge is 0.465 e. The van der Waals surface area contributed by atoms with Crippen LogP contribution in [0.2, 0.25) is 0 Å². The summed E-state index contributed by atoms with van der Waals surface area (Å²) in [6.07, 6.45) is 0.503. The molecule has 0 amide bonds. The van der Waals surface area contributed by atoms with Crippen LogP contribution in [0.3, 0.4) is 0 Å². The van der Waals surface area contributed by atoms with Gasteiger partial charge in [0.2, 0.25) is 10.0 Å². The van der Waals surface area contributed by atoms with Crippen molar-refractivity contribution in [2.24, 2.45) is 0 Å². The van der Waals surface area contributed by atoms with E-state index in [0.717, 1.165) is 6.42 Å². The molecule has 0 aromatic heterocycles. The SMILES string of the molecule is CCCC(O)CNS(=O)(=O)c1ccccc1C(=O)OC. The lowest BCUT2D eigenvalue weighted by molar-refractivity contribution is 0.0596. The molecular weight excluding hydrogens is 282 g/mol. The summed E-state index contributed by atoms with van der Waals surface area (Å²) >= 11 is 0. The quantitative estimate of drug-likeness (QED) is 0.730. The first kappa shape index (κ1) is 16.6. The minimum Gasteiger partial charge on any atom is -0.465 e. The van der Waals surface area contributed by atoms with Crippen LogP contribution in [-0.2, 0) is 14.8 Å². The van der Waals surface area contributed by atoms with Gasteiger partial charge in [-0.05, 0) is 18.6 Å². The molecular formula is C13H19NO5S. The van der Waals surface area contributed by atoms with E-state index in [0.29, 0.717) is 6.42 Å². The lowest BCUT2D eigenvalue weighted by Crippen LogP contribution is -2.33.